The minimum atomic E-state index is 0. The molecular weight excluding hydrogens is 333 g/mol. The molecule has 0 aromatic heterocycles. The van der Waals surface area contributed by atoms with Crippen molar-refractivity contribution in [2.75, 3.05) is 38.6 Å². The highest BCUT2D eigenvalue weighted by Crippen LogP contribution is 2.38. The molecule has 0 saturated carbocycles. The van der Waals surface area contributed by atoms with Crippen LogP contribution in [0, 0.1) is 0 Å². The molecule has 1 aromatic carbocycles. The normalized spacial score (nSPS) is 18.5. The molecule has 2 aliphatic heterocycles. The zero-order chi connectivity index (χ0) is 14.9. The number of fused-ring (bicyclic) bond motifs is 1. The van der Waals surface area contributed by atoms with E-state index in [-0.39, 0.29) is 36.3 Å². The Balaban J connectivity index is 0.00000132. The number of carbonyl (C=O) groups excluding carboxylic acids is 1. The van der Waals surface area contributed by atoms with Crippen LogP contribution in [0.3, 0.4) is 0 Å². The maximum atomic E-state index is 12.4. The van der Waals surface area contributed by atoms with E-state index >= 15 is 0 Å². The van der Waals surface area contributed by atoms with Crippen molar-refractivity contribution in [3.63, 3.8) is 0 Å². The molecule has 6 heteroatoms. The van der Waals surface area contributed by atoms with Gasteiger partial charge in [0.25, 0.3) is 5.91 Å². The molecule has 23 heavy (non-hydrogen) atoms. The van der Waals surface area contributed by atoms with Gasteiger partial charge in [-0.05, 0) is 57.0 Å². The Morgan fingerprint density at radius 3 is 2.48 bits per heavy atom. The monoisotopic (exact) mass is 359 g/mol. The lowest BCUT2D eigenvalue weighted by Gasteiger charge is -2.32. The molecule has 130 valence electrons. The van der Waals surface area contributed by atoms with Gasteiger partial charge in [-0.25, -0.2) is 0 Å². The minimum Gasteiger partial charge on any atom is -0.378 e. The first kappa shape index (κ1) is 20.1. The SMILES string of the molecule is CN(C)c1cccc(C(=O)NCC23CCCN2CCC3)c1.Cl.Cl. The molecule has 2 fully saturated rings. The van der Waals surface area contributed by atoms with Crippen molar-refractivity contribution in [2.24, 2.45) is 0 Å². The van der Waals surface area contributed by atoms with E-state index < -0.39 is 0 Å². The number of nitrogens with one attached hydrogen (secondary N) is 1. The van der Waals surface area contributed by atoms with Gasteiger partial charge in [0.2, 0.25) is 0 Å². The molecule has 0 spiro atoms. The van der Waals surface area contributed by atoms with Crippen molar-refractivity contribution >= 4 is 36.4 Å². The maximum Gasteiger partial charge on any atom is 0.251 e. The van der Waals surface area contributed by atoms with Crippen molar-refractivity contribution in [3.05, 3.63) is 29.8 Å². The smallest absolute Gasteiger partial charge is 0.251 e. The van der Waals surface area contributed by atoms with Crippen LogP contribution in [-0.4, -0.2) is 50.1 Å². The average Bonchev–Trinajstić information content (AvgIpc) is 3.04. The van der Waals surface area contributed by atoms with Gasteiger partial charge in [0.15, 0.2) is 0 Å². The van der Waals surface area contributed by atoms with Gasteiger partial charge in [0.05, 0.1) is 0 Å². The summed E-state index contributed by atoms with van der Waals surface area (Å²) < 4.78 is 0. The van der Waals surface area contributed by atoms with E-state index in [0.29, 0.717) is 0 Å². The summed E-state index contributed by atoms with van der Waals surface area (Å²) in [5, 5.41) is 3.17. The molecule has 0 radical (unpaired) electrons. The topological polar surface area (TPSA) is 35.6 Å². The Hall–Kier alpha value is -0.970. The van der Waals surface area contributed by atoms with Gasteiger partial charge in [-0.2, -0.15) is 0 Å². The van der Waals surface area contributed by atoms with Crippen LogP contribution < -0.4 is 10.2 Å². The van der Waals surface area contributed by atoms with Crippen LogP contribution in [0.4, 0.5) is 5.69 Å². The van der Waals surface area contributed by atoms with Crippen molar-refractivity contribution < 1.29 is 4.79 Å². The summed E-state index contributed by atoms with van der Waals surface area (Å²) in [6, 6.07) is 7.81. The Kier molecular flexibility index (Phi) is 7.18. The number of anilines is 1. The Morgan fingerprint density at radius 2 is 1.87 bits per heavy atom. The van der Waals surface area contributed by atoms with Crippen LogP contribution in [0.2, 0.25) is 0 Å². The summed E-state index contributed by atoms with van der Waals surface area (Å²) in [6.07, 6.45) is 4.99. The second-order valence-corrected chi connectivity index (χ2v) is 6.55. The van der Waals surface area contributed by atoms with Crippen molar-refractivity contribution in [1.82, 2.24) is 10.2 Å². The minimum absolute atomic E-state index is 0. The lowest BCUT2D eigenvalue weighted by Crippen LogP contribution is -2.48. The summed E-state index contributed by atoms with van der Waals surface area (Å²) in [4.78, 5) is 17.0. The number of amides is 1. The third kappa shape index (κ3) is 4.11. The molecule has 1 amide bonds. The first-order valence-electron chi connectivity index (χ1n) is 7.91. The summed E-state index contributed by atoms with van der Waals surface area (Å²) in [7, 11) is 3.98. The second-order valence-electron chi connectivity index (χ2n) is 6.55. The number of hydrogen-bond donors (Lipinski definition) is 1. The summed E-state index contributed by atoms with van der Waals surface area (Å²) in [5.41, 5.74) is 2.05. The molecule has 2 aliphatic rings. The van der Waals surface area contributed by atoms with Gasteiger partial charge < -0.3 is 10.2 Å². The quantitative estimate of drug-likeness (QED) is 0.897. The fourth-order valence-corrected chi connectivity index (χ4v) is 3.79. The van der Waals surface area contributed by atoms with Crippen molar-refractivity contribution in [2.45, 2.75) is 31.2 Å². The van der Waals surface area contributed by atoms with Gasteiger partial charge in [-0.3, -0.25) is 9.69 Å². The number of rotatable bonds is 4. The van der Waals surface area contributed by atoms with Gasteiger partial charge in [0.1, 0.15) is 0 Å². The van der Waals surface area contributed by atoms with E-state index in [0.717, 1.165) is 17.8 Å². The van der Waals surface area contributed by atoms with E-state index in [4.69, 9.17) is 0 Å². The molecule has 2 heterocycles. The van der Waals surface area contributed by atoms with Crippen LogP contribution in [-0.2, 0) is 0 Å². The number of hydrogen-bond acceptors (Lipinski definition) is 3. The molecule has 1 aromatic rings. The van der Waals surface area contributed by atoms with E-state index in [2.05, 4.69) is 10.2 Å². The number of halogens is 2. The summed E-state index contributed by atoms with van der Waals surface area (Å²) >= 11 is 0. The Bertz CT molecular complexity index is 526. The van der Waals surface area contributed by atoms with Crippen LogP contribution in [0.25, 0.3) is 0 Å². The van der Waals surface area contributed by atoms with E-state index in [1.54, 1.807) is 0 Å². The first-order valence-corrected chi connectivity index (χ1v) is 7.91. The van der Waals surface area contributed by atoms with Crippen LogP contribution in [0.1, 0.15) is 36.0 Å². The molecule has 3 rings (SSSR count). The number of nitrogens with zero attached hydrogens (tertiary/aromatic N) is 2. The Morgan fingerprint density at radius 1 is 1.22 bits per heavy atom. The van der Waals surface area contributed by atoms with E-state index in [1.165, 1.54) is 38.8 Å². The number of benzene rings is 1. The molecule has 0 unspecified atom stereocenters. The van der Waals surface area contributed by atoms with Crippen LogP contribution >= 0.6 is 24.8 Å². The second kappa shape index (κ2) is 8.22. The lowest BCUT2D eigenvalue weighted by atomic mass is 9.94. The molecule has 1 N–H and O–H groups in total. The van der Waals surface area contributed by atoms with E-state index in [1.807, 2.05) is 43.3 Å². The van der Waals surface area contributed by atoms with Gasteiger partial charge in [0, 0.05) is 37.4 Å². The van der Waals surface area contributed by atoms with Gasteiger partial charge in [-0.15, -0.1) is 24.8 Å². The first-order chi connectivity index (χ1) is 10.1. The molecular formula is C17H27Cl2N3O. The fourth-order valence-electron chi connectivity index (χ4n) is 3.79. The maximum absolute atomic E-state index is 12.4. The molecule has 0 aliphatic carbocycles. The van der Waals surface area contributed by atoms with Crippen LogP contribution in [0.15, 0.2) is 24.3 Å². The van der Waals surface area contributed by atoms with Gasteiger partial charge in [-0.1, -0.05) is 6.07 Å². The predicted molar refractivity (Wildman–Crippen MR) is 100 cm³/mol. The fraction of sp³-hybridized carbons (Fsp3) is 0.588. The average molecular weight is 360 g/mol. The highest BCUT2D eigenvalue weighted by atomic mass is 35.5. The largest absolute Gasteiger partial charge is 0.378 e. The van der Waals surface area contributed by atoms with Crippen molar-refractivity contribution in [3.8, 4) is 0 Å². The Labute approximate surface area is 151 Å². The molecule has 0 bridgehead atoms. The van der Waals surface area contributed by atoms with Gasteiger partial charge >= 0.3 is 0 Å². The zero-order valence-electron chi connectivity index (χ0n) is 13.9. The summed E-state index contributed by atoms with van der Waals surface area (Å²) in [6.45, 7) is 3.19. The molecule has 4 nitrogen and oxygen atoms in total. The molecule has 2 saturated heterocycles. The third-order valence-corrected chi connectivity index (χ3v) is 5.01. The number of carbonyl (C=O) groups is 1. The lowest BCUT2D eigenvalue weighted by molar-refractivity contribution is 0.0919. The summed E-state index contributed by atoms with van der Waals surface area (Å²) in [5.74, 6) is 0.0480. The predicted octanol–water partition coefficient (Wildman–Crippen LogP) is 2.95. The highest BCUT2D eigenvalue weighted by Gasteiger charge is 2.44. The highest BCUT2D eigenvalue weighted by molar-refractivity contribution is 5.95. The van der Waals surface area contributed by atoms with Crippen molar-refractivity contribution in [1.29, 1.82) is 0 Å². The van der Waals surface area contributed by atoms with Crippen LogP contribution in [0.5, 0.6) is 0 Å². The third-order valence-electron chi connectivity index (χ3n) is 5.01. The molecule has 0 atom stereocenters. The van der Waals surface area contributed by atoms with E-state index in [9.17, 15) is 4.79 Å². The standard InChI is InChI=1S/C17H25N3O.2ClH/c1-19(2)15-7-3-6-14(12-15)16(21)18-13-17-8-4-10-20(17)11-5-9-17;;/h3,6-7,12H,4-5,8-11,13H2,1-2H3,(H,18,21);2*1H. The zero-order valence-corrected chi connectivity index (χ0v) is 15.5.